The molecule has 0 aromatic heterocycles. The molecule has 12 heavy (non-hydrogen) atoms. The lowest BCUT2D eigenvalue weighted by Gasteiger charge is -2.30. The van der Waals surface area contributed by atoms with Crippen LogP contribution in [0.25, 0.3) is 0 Å². The first kappa shape index (κ1) is 8.11. The topological polar surface area (TPSA) is 18.5 Å². The number of fused-ring (bicyclic) bond motifs is 2. The molecule has 0 aromatic carbocycles. The normalized spacial score (nSPS) is 44.8. The van der Waals surface area contributed by atoms with Crippen LogP contribution in [0.5, 0.6) is 0 Å². The zero-order valence-corrected chi connectivity index (χ0v) is 7.58. The van der Waals surface area contributed by atoms with Gasteiger partial charge in [0.05, 0.1) is 25.1 Å². The molecule has 0 N–H and O–H groups in total. The van der Waals surface area contributed by atoms with Crippen LogP contribution >= 0.6 is 0 Å². The number of ether oxygens (including phenoxy) is 2. The highest BCUT2D eigenvalue weighted by Gasteiger charge is 2.49. The molecule has 2 aliphatic rings. The summed E-state index contributed by atoms with van der Waals surface area (Å²) in [6, 6.07) is 0. The molecule has 2 aliphatic heterocycles. The van der Waals surface area contributed by atoms with E-state index in [-0.39, 0.29) is 5.41 Å². The molecule has 68 valence electrons. The second-order valence-corrected chi connectivity index (χ2v) is 4.16. The van der Waals surface area contributed by atoms with Crippen LogP contribution < -0.4 is 0 Å². The van der Waals surface area contributed by atoms with E-state index in [4.69, 9.17) is 9.47 Å². The monoisotopic (exact) mass is 168 g/mol. The van der Waals surface area contributed by atoms with Crippen molar-refractivity contribution in [1.82, 2.24) is 0 Å². The Morgan fingerprint density at radius 3 is 3.00 bits per heavy atom. The molecule has 0 saturated carbocycles. The van der Waals surface area contributed by atoms with Crippen molar-refractivity contribution in [2.45, 2.75) is 38.4 Å². The maximum absolute atomic E-state index is 5.77. The molecule has 3 unspecified atom stereocenters. The van der Waals surface area contributed by atoms with Crippen LogP contribution in [0.1, 0.15) is 26.2 Å². The minimum atomic E-state index is 0.247. The molecule has 0 spiro atoms. The van der Waals surface area contributed by atoms with Gasteiger partial charge in [-0.05, 0) is 19.3 Å². The average molecular weight is 168 g/mol. The van der Waals surface area contributed by atoms with Crippen molar-refractivity contribution >= 4 is 0 Å². The molecule has 2 rings (SSSR count). The van der Waals surface area contributed by atoms with Gasteiger partial charge in [0, 0.05) is 5.41 Å². The van der Waals surface area contributed by atoms with Gasteiger partial charge in [0.25, 0.3) is 0 Å². The van der Waals surface area contributed by atoms with Crippen LogP contribution in [0.2, 0.25) is 0 Å². The summed E-state index contributed by atoms with van der Waals surface area (Å²) < 4.78 is 11.0. The van der Waals surface area contributed by atoms with Crippen molar-refractivity contribution in [1.29, 1.82) is 0 Å². The molecule has 2 saturated heterocycles. The number of hydrogen-bond donors (Lipinski definition) is 0. The molecule has 0 aromatic rings. The molecule has 0 radical (unpaired) electrons. The minimum Gasteiger partial charge on any atom is -0.501 e. The quantitative estimate of drug-likeness (QED) is 0.601. The zero-order chi connectivity index (χ0) is 8.60. The lowest BCUT2D eigenvalue weighted by atomic mass is 9.76. The first-order valence-electron chi connectivity index (χ1n) is 4.62. The molecular formula is C10H16O2. The number of hydrogen-bond acceptors (Lipinski definition) is 2. The Morgan fingerprint density at radius 2 is 2.50 bits per heavy atom. The van der Waals surface area contributed by atoms with Gasteiger partial charge >= 0.3 is 0 Å². The second-order valence-electron chi connectivity index (χ2n) is 4.16. The highest BCUT2D eigenvalue weighted by molar-refractivity contribution is 4.98. The van der Waals surface area contributed by atoms with E-state index >= 15 is 0 Å². The highest BCUT2D eigenvalue weighted by Crippen LogP contribution is 2.47. The van der Waals surface area contributed by atoms with Gasteiger partial charge in [0.2, 0.25) is 0 Å². The van der Waals surface area contributed by atoms with E-state index < -0.39 is 0 Å². The average Bonchev–Trinajstić information content (AvgIpc) is 2.60. The Labute approximate surface area is 73.5 Å². The van der Waals surface area contributed by atoms with Crippen LogP contribution in [0.15, 0.2) is 12.8 Å². The van der Waals surface area contributed by atoms with Crippen LogP contribution in [0.4, 0.5) is 0 Å². The Balaban J connectivity index is 1.97. The lowest BCUT2D eigenvalue weighted by Crippen LogP contribution is -2.33. The first-order chi connectivity index (χ1) is 5.74. The molecule has 0 amide bonds. The second kappa shape index (κ2) is 2.77. The van der Waals surface area contributed by atoms with Crippen molar-refractivity contribution in [3.63, 3.8) is 0 Å². The van der Waals surface area contributed by atoms with E-state index in [0.29, 0.717) is 12.2 Å². The molecule has 2 heteroatoms. The molecule has 0 aliphatic carbocycles. The van der Waals surface area contributed by atoms with E-state index in [1.54, 1.807) is 0 Å². The Hall–Kier alpha value is -0.500. The summed E-state index contributed by atoms with van der Waals surface area (Å²) in [6.07, 6.45) is 6.08. The Morgan fingerprint density at radius 1 is 1.67 bits per heavy atom. The van der Waals surface area contributed by atoms with Gasteiger partial charge in [-0.25, -0.2) is 0 Å². The van der Waals surface area contributed by atoms with Gasteiger partial charge in [-0.1, -0.05) is 13.5 Å². The molecule has 2 fully saturated rings. The molecule has 2 heterocycles. The number of rotatable bonds is 3. The molecular weight excluding hydrogens is 152 g/mol. The summed E-state index contributed by atoms with van der Waals surface area (Å²) >= 11 is 0. The van der Waals surface area contributed by atoms with Crippen molar-refractivity contribution in [3.05, 3.63) is 12.8 Å². The third kappa shape index (κ3) is 1.14. The van der Waals surface area contributed by atoms with Crippen molar-refractivity contribution in [2.24, 2.45) is 5.41 Å². The summed E-state index contributed by atoms with van der Waals surface area (Å²) in [6.45, 7) is 6.56. The minimum absolute atomic E-state index is 0.247. The molecule has 3 atom stereocenters. The maximum atomic E-state index is 5.77. The largest absolute Gasteiger partial charge is 0.501 e. The van der Waals surface area contributed by atoms with Gasteiger partial charge in [-0.3, -0.25) is 0 Å². The fourth-order valence-corrected chi connectivity index (χ4v) is 2.42. The smallest absolute Gasteiger partial charge is 0.0952 e. The zero-order valence-electron chi connectivity index (χ0n) is 7.58. The van der Waals surface area contributed by atoms with E-state index in [1.165, 1.54) is 19.1 Å². The van der Waals surface area contributed by atoms with Gasteiger partial charge in [0.15, 0.2) is 0 Å². The first-order valence-corrected chi connectivity index (χ1v) is 4.62. The maximum Gasteiger partial charge on any atom is 0.0952 e. The standard InChI is InChI=1S/C10H16O2/c1-3-11-7-10(2)6-8-4-5-9(10)12-8/h3,8-9H,1,4-7H2,2H3. The Kier molecular flexibility index (Phi) is 1.87. The van der Waals surface area contributed by atoms with Gasteiger partial charge in [0.1, 0.15) is 0 Å². The fraction of sp³-hybridized carbons (Fsp3) is 0.800. The van der Waals surface area contributed by atoms with E-state index in [2.05, 4.69) is 13.5 Å². The predicted octanol–water partition coefficient (Wildman–Crippen LogP) is 2.10. The lowest BCUT2D eigenvalue weighted by molar-refractivity contribution is 0.0322. The summed E-state index contributed by atoms with van der Waals surface area (Å²) in [4.78, 5) is 0. The third-order valence-electron chi connectivity index (χ3n) is 3.11. The van der Waals surface area contributed by atoms with Gasteiger partial charge in [-0.15, -0.1) is 0 Å². The van der Waals surface area contributed by atoms with Crippen LogP contribution in [-0.2, 0) is 9.47 Å². The highest BCUT2D eigenvalue weighted by atomic mass is 16.5. The van der Waals surface area contributed by atoms with E-state index in [9.17, 15) is 0 Å². The Bertz CT molecular complexity index is 190. The molecule has 2 bridgehead atoms. The van der Waals surface area contributed by atoms with Crippen LogP contribution in [0.3, 0.4) is 0 Å². The van der Waals surface area contributed by atoms with Crippen molar-refractivity contribution in [2.75, 3.05) is 6.61 Å². The van der Waals surface area contributed by atoms with Crippen molar-refractivity contribution < 1.29 is 9.47 Å². The summed E-state index contributed by atoms with van der Waals surface area (Å²) in [7, 11) is 0. The third-order valence-corrected chi connectivity index (χ3v) is 3.11. The SMILES string of the molecule is C=COCC1(C)CC2CCC1O2. The van der Waals surface area contributed by atoms with Crippen LogP contribution in [-0.4, -0.2) is 18.8 Å². The van der Waals surface area contributed by atoms with Gasteiger partial charge < -0.3 is 9.47 Å². The van der Waals surface area contributed by atoms with Crippen LogP contribution in [0, 0.1) is 5.41 Å². The fourth-order valence-electron chi connectivity index (χ4n) is 2.42. The van der Waals surface area contributed by atoms with Gasteiger partial charge in [-0.2, -0.15) is 0 Å². The van der Waals surface area contributed by atoms with E-state index in [0.717, 1.165) is 13.0 Å². The summed E-state index contributed by atoms with van der Waals surface area (Å²) in [5.41, 5.74) is 0.247. The predicted molar refractivity (Wildman–Crippen MR) is 46.8 cm³/mol. The summed E-state index contributed by atoms with van der Waals surface area (Å²) in [5, 5.41) is 0. The molecule has 2 nitrogen and oxygen atoms in total. The van der Waals surface area contributed by atoms with Crippen molar-refractivity contribution in [3.8, 4) is 0 Å². The van der Waals surface area contributed by atoms with E-state index in [1.807, 2.05) is 0 Å². The summed E-state index contributed by atoms with van der Waals surface area (Å²) in [5.74, 6) is 0.